The Labute approximate surface area is 117 Å². The minimum atomic E-state index is -0.571. The molecule has 1 fully saturated rings. The van der Waals surface area contributed by atoms with Crippen LogP contribution in [0.2, 0.25) is 0 Å². The van der Waals surface area contributed by atoms with E-state index in [4.69, 9.17) is 10.5 Å². The molecule has 20 heavy (non-hydrogen) atoms. The lowest BCUT2D eigenvalue weighted by Crippen LogP contribution is -2.42. The van der Waals surface area contributed by atoms with Gasteiger partial charge < -0.3 is 15.8 Å². The second kappa shape index (κ2) is 6.62. The van der Waals surface area contributed by atoms with Crippen molar-refractivity contribution in [2.45, 2.75) is 12.0 Å². The zero-order valence-electron chi connectivity index (χ0n) is 11.4. The van der Waals surface area contributed by atoms with E-state index < -0.39 is 6.03 Å². The number of aromatic nitrogens is 1. The third-order valence-electron chi connectivity index (χ3n) is 3.49. The number of nitrogens with zero attached hydrogens (tertiary/aromatic N) is 2. The van der Waals surface area contributed by atoms with Gasteiger partial charge in [0, 0.05) is 38.9 Å². The Morgan fingerprint density at radius 1 is 1.60 bits per heavy atom. The number of primary amides is 1. The largest absolute Gasteiger partial charge is 0.383 e. The monoisotopic (exact) mass is 282 g/mol. The van der Waals surface area contributed by atoms with Gasteiger partial charge in [-0.3, -0.25) is 9.88 Å². The second-order valence-electron chi connectivity index (χ2n) is 4.91. The minimum Gasteiger partial charge on any atom is -0.383 e. The fourth-order valence-corrected chi connectivity index (χ4v) is 2.59. The number of amides is 2. The zero-order valence-corrected chi connectivity index (χ0v) is 11.4. The molecule has 0 spiro atoms. The Balaban J connectivity index is 2.12. The van der Waals surface area contributed by atoms with Gasteiger partial charge in [-0.15, -0.1) is 0 Å². The smallest absolute Gasteiger partial charge is 0.312 e. The number of hydrogen-bond acceptors (Lipinski definition) is 4. The Morgan fingerprint density at radius 2 is 2.40 bits per heavy atom. The summed E-state index contributed by atoms with van der Waals surface area (Å²) < 4.78 is 18.4. The number of ether oxygens (including phenoxy) is 1. The van der Waals surface area contributed by atoms with E-state index in [1.165, 1.54) is 6.07 Å². The maximum Gasteiger partial charge on any atom is 0.312 e. The number of likely N-dealkylation sites (tertiary alicyclic amines) is 1. The summed E-state index contributed by atoms with van der Waals surface area (Å²) in [5.74, 6) is -0.404. The molecule has 110 valence electrons. The van der Waals surface area contributed by atoms with Gasteiger partial charge in [-0.05, 0) is 11.6 Å². The average molecular weight is 282 g/mol. The van der Waals surface area contributed by atoms with Crippen LogP contribution in [0.1, 0.15) is 11.5 Å². The highest BCUT2D eigenvalue weighted by Gasteiger charge is 2.34. The molecule has 1 aliphatic heterocycles. The van der Waals surface area contributed by atoms with Gasteiger partial charge in [0.1, 0.15) is 5.82 Å². The molecular weight excluding hydrogens is 263 g/mol. The first-order chi connectivity index (χ1) is 9.60. The van der Waals surface area contributed by atoms with E-state index in [9.17, 15) is 9.18 Å². The van der Waals surface area contributed by atoms with Gasteiger partial charge in [0.25, 0.3) is 0 Å². The van der Waals surface area contributed by atoms with Crippen molar-refractivity contribution >= 4 is 6.03 Å². The van der Waals surface area contributed by atoms with E-state index in [-0.39, 0.29) is 17.8 Å². The lowest BCUT2D eigenvalue weighted by molar-refractivity contribution is 0.159. The van der Waals surface area contributed by atoms with E-state index in [0.717, 1.165) is 18.3 Å². The van der Waals surface area contributed by atoms with Crippen molar-refractivity contribution in [3.05, 3.63) is 29.8 Å². The maximum atomic E-state index is 13.3. The molecule has 2 atom stereocenters. The highest BCUT2D eigenvalue weighted by molar-refractivity contribution is 5.72. The Hall–Kier alpha value is -1.73. The summed E-state index contributed by atoms with van der Waals surface area (Å²) in [4.78, 5) is 17.1. The highest BCUT2D eigenvalue weighted by atomic mass is 19.1. The molecule has 2 amide bonds. The molecule has 0 saturated carbocycles. The highest BCUT2D eigenvalue weighted by Crippen LogP contribution is 2.27. The van der Waals surface area contributed by atoms with Crippen LogP contribution in [0.15, 0.2) is 18.5 Å². The number of nitrogens with two attached hydrogens (primary N) is 1. The minimum absolute atomic E-state index is 0.0254. The van der Waals surface area contributed by atoms with Crippen LogP contribution < -0.4 is 11.1 Å². The number of carbonyl (C=O) groups is 1. The molecule has 1 aromatic rings. The SMILES string of the molecule is COCCN1C[C@H](NC(N)=O)[C@@H](c2cncc(F)c2)C1. The molecule has 0 aliphatic carbocycles. The van der Waals surface area contributed by atoms with E-state index >= 15 is 0 Å². The maximum absolute atomic E-state index is 13.3. The molecule has 0 unspecified atom stereocenters. The third-order valence-corrected chi connectivity index (χ3v) is 3.49. The van der Waals surface area contributed by atoms with Gasteiger partial charge >= 0.3 is 6.03 Å². The first kappa shape index (κ1) is 14.7. The summed E-state index contributed by atoms with van der Waals surface area (Å²) in [6, 6.07) is 0.735. The van der Waals surface area contributed by atoms with Crippen LogP contribution in [0.5, 0.6) is 0 Å². The normalized spacial score (nSPS) is 22.9. The molecular formula is C13H19FN4O2. The molecule has 6 nitrogen and oxygen atoms in total. The van der Waals surface area contributed by atoms with Crippen LogP contribution in [0.3, 0.4) is 0 Å². The first-order valence-corrected chi connectivity index (χ1v) is 6.48. The summed E-state index contributed by atoms with van der Waals surface area (Å²) >= 11 is 0. The number of halogens is 1. The number of nitrogens with one attached hydrogen (secondary N) is 1. The standard InChI is InChI=1S/C13H19FN4O2/c1-20-3-2-18-7-11(12(8-18)17-13(15)19)9-4-10(14)6-16-5-9/h4-6,11-12H,2-3,7-8H2,1H3,(H3,15,17,19)/t11-,12+/m1/s1. The number of pyridine rings is 1. The quantitative estimate of drug-likeness (QED) is 0.814. The average Bonchev–Trinajstić information content (AvgIpc) is 2.78. The van der Waals surface area contributed by atoms with Gasteiger partial charge in [0.2, 0.25) is 0 Å². The fourth-order valence-electron chi connectivity index (χ4n) is 2.59. The van der Waals surface area contributed by atoms with Crippen molar-refractivity contribution in [2.24, 2.45) is 5.73 Å². The third kappa shape index (κ3) is 3.64. The first-order valence-electron chi connectivity index (χ1n) is 6.48. The molecule has 0 bridgehead atoms. The van der Waals surface area contributed by atoms with Gasteiger partial charge in [0.15, 0.2) is 0 Å². The summed E-state index contributed by atoms with van der Waals surface area (Å²) in [5.41, 5.74) is 5.97. The predicted molar refractivity (Wildman–Crippen MR) is 71.8 cm³/mol. The summed E-state index contributed by atoms with van der Waals surface area (Å²) in [6.07, 6.45) is 2.79. The van der Waals surface area contributed by atoms with Crippen molar-refractivity contribution in [2.75, 3.05) is 33.4 Å². The van der Waals surface area contributed by atoms with E-state index in [0.29, 0.717) is 19.7 Å². The topological polar surface area (TPSA) is 80.5 Å². The lowest BCUT2D eigenvalue weighted by Gasteiger charge is -2.18. The van der Waals surface area contributed by atoms with Gasteiger partial charge in [-0.2, -0.15) is 0 Å². The number of urea groups is 1. The number of rotatable bonds is 5. The second-order valence-corrected chi connectivity index (χ2v) is 4.91. The number of carbonyl (C=O) groups excluding carboxylic acids is 1. The van der Waals surface area contributed by atoms with Gasteiger partial charge in [-0.1, -0.05) is 0 Å². The van der Waals surface area contributed by atoms with Gasteiger partial charge in [0.05, 0.1) is 18.8 Å². The predicted octanol–water partition coefficient (Wildman–Crippen LogP) is 0.303. The van der Waals surface area contributed by atoms with Crippen molar-refractivity contribution in [3.8, 4) is 0 Å². The van der Waals surface area contributed by atoms with Crippen LogP contribution in [0, 0.1) is 5.82 Å². The summed E-state index contributed by atoms with van der Waals surface area (Å²) in [6.45, 7) is 2.73. The molecule has 1 aliphatic rings. The Morgan fingerprint density at radius 3 is 3.05 bits per heavy atom. The van der Waals surface area contributed by atoms with Crippen LogP contribution >= 0.6 is 0 Å². The van der Waals surface area contributed by atoms with Crippen LogP contribution in [-0.2, 0) is 4.74 Å². The fraction of sp³-hybridized carbons (Fsp3) is 0.538. The Bertz CT molecular complexity index is 471. The van der Waals surface area contributed by atoms with E-state index in [1.807, 2.05) is 0 Å². The van der Waals surface area contributed by atoms with Crippen molar-refractivity contribution in [3.63, 3.8) is 0 Å². The molecule has 1 aromatic heterocycles. The summed E-state index contributed by atoms with van der Waals surface area (Å²) in [5, 5.41) is 2.72. The van der Waals surface area contributed by atoms with Crippen molar-refractivity contribution in [1.82, 2.24) is 15.2 Å². The van der Waals surface area contributed by atoms with Crippen LogP contribution in [0.4, 0.5) is 9.18 Å². The number of hydrogen-bond donors (Lipinski definition) is 2. The summed E-state index contributed by atoms with van der Waals surface area (Å²) in [7, 11) is 1.64. The zero-order chi connectivity index (χ0) is 14.5. The van der Waals surface area contributed by atoms with E-state index in [1.54, 1.807) is 13.3 Å². The molecule has 7 heteroatoms. The Kier molecular flexibility index (Phi) is 4.86. The molecule has 2 rings (SSSR count). The molecule has 1 saturated heterocycles. The van der Waals surface area contributed by atoms with Gasteiger partial charge in [-0.25, -0.2) is 9.18 Å². The molecule has 0 aromatic carbocycles. The van der Waals surface area contributed by atoms with E-state index in [2.05, 4.69) is 15.2 Å². The van der Waals surface area contributed by atoms with Crippen molar-refractivity contribution in [1.29, 1.82) is 0 Å². The molecule has 3 N–H and O–H groups in total. The lowest BCUT2D eigenvalue weighted by atomic mass is 9.96. The molecule has 0 radical (unpaired) electrons. The van der Waals surface area contributed by atoms with Crippen LogP contribution in [-0.4, -0.2) is 55.3 Å². The van der Waals surface area contributed by atoms with Crippen LogP contribution in [0.25, 0.3) is 0 Å². The molecule has 2 heterocycles. The van der Waals surface area contributed by atoms with Crippen molar-refractivity contribution < 1.29 is 13.9 Å². The number of methoxy groups -OCH3 is 1.